The van der Waals surface area contributed by atoms with Crippen molar-refractivity contribution in [2.45, 2.75) is 12.3 Å². The fourth-order valence-electron chi connectivity index (χ4n) is 8.10. The first kappa shape index (κ1) is 32.0. The van der Waals surface area contributed by atoms with Crippen LogP contribution in [0.15, 0.2) is 186 Å². The third-order valence-electron chi connectivity index (χ3n) is 10.8. The maximum atomic E-state index is 6.47. The van der Waals surface area contributed by atoms with E-state index in [2.05, 4.69) is 126 Å². The van der Waals surface area contributed by atoms with E-state index in [-0.39, 0.29) is 5.92 Å². The summed E-state index contributed by atoms with van der Waals surface area (Å²) >= 11 is 0. The van der Waals surface area contributed by atoms with Gasteiger partial charge in [-0.2, -0.15) is 0 Å². The zero-order chi connectivity index (χ0) is 37.0. The quantitative estimate of drug-likeness (QED) is 0.171. The number of aromatic nitrogens is 5. The number of para-hydroxylation sites is 2. The molecule has 0 radical (unpaired) electrons. The van der Waals surface area contributed by atoms with Crippen molar-refractivity contribution in [1.82, 2.24) is 24.5 Å². The first-order valence-electron chi connectivity index (χ1n) is 18.9. The molecule has 0 saturated heterocycles. The summed E-state index contributed by atoms with van der Waals surface area (Å²) in [7, 11) is 0. The summed E-state index contributed by atoms with van der Waals surface area (Å²) in [5.74, 6) is 1.99. The summed E-state index contributed by atoms with van der Waals surface area (Å²) in [6.45, 7) is 0. The molecule has 4 aromatic heterocycles. The smallest absolute Gasteiger partial charge is 0.182 e. The maximum absolute atomic E-state index is 6.47. The van der Waals surface area contributed by atoms with Crippen LogP contribution >= 0.6 is 0 Å². The van der Waals surface area contributed by atoms with Gasteiger partial charge < -0.3 is 8.98 Å². The molecule has 0 saturated carbocycles. The number of benzene rings is 6. The first-order chi connectivity index (χ1) is 27.7. The van der Waals surface area contributed by atoms with E-state index >= 15 is 0 Å². The minimum Gasteiger partial charge on any atom is -0.456 e. The third-order valence-corrected chi connectivity index (χ3v) is 10.8. The Kier molecular flexibility index (Phi) is 7.52. The number of allylic oxidation sites excluding steroid dienone is 4. The van der Waals surface area contributed by atoms with Crippen LogP contribution in [0.5, 0.6) is 0 Å². The van der Waals surface area contributed by atoms with Crippen LogP contribution in [-0.4, -0.2) is 24.5 Å². The highest BCUT2D eigenvalue weighted by Crippen LogP contribution is 2.40. The molecule has 1 aliphatic rings. The molecule has 1 atom stereocenters. The predicted molar refractivity (Wildman–Crippen MR) is 227 cm³/mol. The van der Waals surface area contributed by atoms with Gasteiger partial charge in [0.15, 0.2) is 11.6 Å². The molecule has 6 aromatic carbocycles. The lowest BCUT2D eigenvalue weighted by atomic mass is 9.98. The van der Waals surface area contributed by atoms with Crippen molar-refractivity contribution in [2.24, 2.45) is 0 Å². The Hall–Kier alpha value is -7.44. The average molecular weight is 720 g/mol. The van der Waals surface area contributed by atoms with Gasteiger partial charge in [-0.15, -0.1) is 0 Å². The van der Waals surface area contributed by atoms with Crippen molar-refractivity contribution < 1.29 is 4.42 Å². The molecule has 0 bridgehead atoms. The van der Waals surface area contributed by atoms with E-state index in [0.29, 0.717) is 17.3 Å². The average Bonchev–Trinajstić information content (AvgIpc) is 3.82. The van der Waals surface area contributed by atoms with Crippen LogP contribution in [0.25, 0.3) is 94.7 Å². The molecular weight excluding hydrogens is 687 g/mol. The minimum atomic E-state index is 0.0656. The molecule has 11 rings (SSSR count). The molecule has 0 spiro atoms. The summed E-state index contributed by atoms with van der Waals surface area (Å²) in [6.07, 6.45) is 9.26. The van der Waals surface area contributed by atoms with E-state index in [1.807, 2.05) is 60.7 Å². The van der Waals surface area contributed by atoms with Gasteiger partial charge in [-0.1, -0.05) is 121 Å². The molecule has 56 heavy (non-hydrogen) atoms. The summed E-state index contributed by atoms with van der Waals surface area (Å²) in [4.78, 5) is 20.1. The lowest BCUT2D eigenvalue weighted by Gasteiger charge is -2.14. The lowest BCUT2D eigenvalue weighted by Crippen LogP contribution is -2.08. The maximum Gasteiger partial charge on any atom is 0.182 e. The molecule has 0 fully saturated rings. The van der Waals surface area contributed by atoms with Gasteiger partial charge in [0, 0.05) is 44.3 Å². The van der Waals surface area contributed by atoms with Crippen LogP contribution in [0, 0.1) is 0 Å². The summed E-state index contributed by atoms with van der Waals surface area (Å²) in [5.41, 5.74) is 10.9. The monoisotopic (exact) mass is 719 g/mol. The lowest BCUT2D eigenvalue weighted by molar-refractivity contribution is 0.669. The second-order valence-electron chi connectivity index (χ2n) is 14.2. The number of furan rings is 1. The Morgan fingerprint density at radius 2 is 1.23 bits per heavy atom. The van der Waals surface area contributed by atoms with Gasteiger partial charge in [0.1, 0.15) is 22.7 Å². The number of pyridine rings is 1. The van der Waals surface area contributed by atoms with Crippen LogP contribution in [0.2, 0.25) is 0 Å². The topological polar surface area (TPSA) is 69.6 Å². The molecule has 264 valence electrons. The van der Waals surface area contributed by atoms with E-state index in [1.54, 1.807) is 0 Å². The predicted octanol–water partition coefficient (Wildman–Crippen LogP) is 12.5. The number of hydrogen-bond donors (Lipinski definition) is 0. The van der Waals surface area contributed by atoms with Gasteiger partial charge in [-0.05, 0) is 78.2 Å². The molecule has 10 aromatic rings. The second-order valence-corrected chi connectivity index (χ2v) is 14.2. The molecular formula is C50H33N5O. The molecule has 6 nitrogen and oxygen atoms in total. The van der Waals surface area contributed by atoms with Gasteiger partial charge in [0.25, 0.3) is 0 Å². The van der Waals surface area contributed by atoms with Crippen molar-refractivity contribution in [1.29, 1.82) is 0 Å². The Bertz CT molecular complexity index is 3180. The highest BCUT2D eigenvalue weighted by molar-refractivity contribution is 6.14. The van der Waals surface area contributed by atoms with Crippen molar-refractivity contribution in [3.8, 4) is 51.0 Å². The first-order valence-corrected chi connectivity index (χ1v) is 18.9. The van der Waals surface area contributed by atoms with Crippen LogP contribution in [0.4, 0.5) is 0 Å². The van der Waals surface area contributed by atoms with Crippen LogP contribution < -0.4 is 0 Å². The Morgan fingerprint density at radius 1 is 0.500 bits per heavy atom. The minimum absolute atomic E-state index is 0.0656. The number of nitrogens with zero attached hydrogens (tertiary/aromatic N) is 5. The molecule has 0 aliphatic heterocycles. The summed E-state index contributed by atoms with van der Waals surface area (Å²) in [6, 6.07) is 54.8. The van der Waals surface area contributed by atoms with E-state index in [9.17, 15) is 0 Å². The number of hydrogen-bond acceptors (Lipinski definition) is 5. The van der Waals surface area contributed by atoms with E-state index in [4.69, 9.17) is 24.4 Å². The fraction of sp³-hybridized carbons (Fsp3) is 0.0400. The van der Waals surface area contributed by atoms with Gasteiger partial charge in [0.2, 0.25) is 0 Å². The normalized spacial score (nSPS) is 14.0. The van der Waals surface area contributed by atoms with Gasteiger partial charge >= 0.3 is 0 Å². The molecule has 0 N–H and O–H groups in total. The van der Waals surface area contributed by atoms with Gasteiger partial charge in [-0.25, -0.2) is 19.9 Å². The van der Waals surface area contributed by atoms with Crippen molar-refractivity contribution in [3.63, 3.8) is 0 Å². The van der Waals surface area contributed by atoms with Crippen molar-refractivity contribution in [3.05, 3.63) is 188 Å². The number of fused-ring (bicyclic) bond motifs is 6. The highest BCUT2D eigenvalue weighted by Gasteiger charge is 2.20. The van der Waals surface area contributed by atoms with E-state index < -0.39 is 0 Å². The molecule has 6 heteroatoms. The summed E-state index contributed by atoms with van der Waals surface area (Å²) < 4.78 is 8.82. The second kappa shape index (κ2) is 13.1. The standard InChI is InChI=1S/C50H33N5O/c1-4-14-32(15-5-1)48-52-49(33-16-6-2-7-17-33)54-50(53-48)42-23-13-22-41(51-42)38-21-12-25-46-47(38)40-31-35(27-29-45(40)56-46)34-26-28-44-39(30-34)37-20-10-11-24-43(37)55(44)36-18-8-3-9-19-36/h1-16,18-31,33H,17H2. The van der Waals surface area contributed by atoms with Gasteiger partial charge in [-0.3, -0.25) is 0 Å². The number of rotatable bonds is 6. The molecule has 4 heterocycles. The summed E-state index contributed by atoms with van der Waals surface area (Å²) in [5, 5.41) is 4.51. The van der Waals surface area contributed by atoms with Gasteiger partial charge in [0.05, 0.1) is 16.7 Å². The van der Waals surface area contributed by atoms with Crippen LogP contribution in [0.3, 0.4) is 0 Å². The van der Waals surface area contributed by atoms with Crippen LogP contribution in [-0.2, 0) is 0 Å². The zero-order valence-electron chi connectivity index (χ0n) is 30.2. The fourth-order valence-corrected chi connectivity index (χ4v) is 8.10. The Balaban J connectivity index is 1.03. The zero-order valence-corrected chi connectivity index (χ0v) is 30.2. The molecule has 1 aliphatic carbocycles. The Labute approximate surface area is 322 Å². The largest absolute Gasteiger partial charge is 0.456 e. The van der Waals surface area contributed by atoms with Crippen molar-refractivity contribution in [2.75, 3.05) is 0 Å². The molecule has 1 unspecified atom stereocenters. The van der Waals surface area contributed by atoms with Crippen LogP contribution in [0.1, 0.15) is 18.2 Å². The van der Waals surface area contributed by atoms with E-state index in [1.165, 1.54) is 21.8 Å². The van der Waals surface area contributed by atoms with E-state index in [0.717, 1.165) is 67.8 Å². The Morgan fingerprint density at radius 3 is 2.09 bits per heavy atom. The van der Waals surface area contributed by atoms with Crippen molar-refractivity contribution >= 4 is 43.7 Å². The SMILES string of the molecule is C1=CCC(c2nc(-c3ccccc3)nc(-c3cccc(-c4cccc5oc6ccc(-c7ccc8c(c7)c7ccccc7n8-c7ccccc7)cc6c45)n3)n2)C=C1. The highest BCUT2D eigenvalue weighted by atomic mass is 16.3. The molecule has 0 amide bonds. The third kappa shape index (κ3) is 5.42.